The molecule has 0 spiro atoms. The van der Waals surface area contributed by atoms with Crippen LogP contribution in [-0.4, -0.2) is 4.98 Å². The van der Waals surface area contributed by atoms with Crippen molar-refractivity contribution in [2.75, 3.05) is 0 Å². The summed E-state index contributed by atoms with van der Waals surface area (Å²) in [5.41, 5.74) is 2.32. The molecular formula is C13H9NS2. The van der Waals surface area contributed by atoms with Crippen LogP contribution in [0.4, 0.5) is 0 Å². The van der Waals surface area contributed by atoms with Crippen molar-refractivity contribution in [2.24, 2.45) is 0 Å². The third-order valence-electron chi connectivity index (χ3n) is 2.60. The van der Waals surface area contributed by atoms with Gasteiger partial charge in [0.2, 0.25) is 0 Å². The summed E-state index contributed by atoms with van der Waals surface area (Å²) in [4.78, 5) is 3.22. The van der Waals surface area contributed by atoms with Crippen molar-refractivity contribution in [1.82, 2.24) is 4.98 Å². The molecule has 2 aromatic carbocycles. The number of hydrogen-bond donors (Lipinski definition) is 1. The van der Waals surface area contributed by atoms with E-state index in [9.17, 15) is 0 Å². The van der Waals surface area contributed by atoms with Gasteiger partial charge >= 0.3 is 0 Å². The minimum absolute atomic E-state index is 0.822. The lowest BCUT2D eigenvalue weighted by Crippen LogP contribution is -1.80. The maximum absolute atomic E-state index is 5.12. The van der Waals surface area contributed by atoms with Crippen molar-refractivity contribution in [3.05, 3.63) is 51.8 Å². The fraction of sp³-hybridized carbons (Fsp3) is 0. The molecule has 0 saturated heterocycles. The van der Waals surface area contributed by atoms with Gasteiger partial charge in [0.25, 0.3) is 0 Å². The Bertz CT molecular complexity index is 689. The Morgan fingerprint density at radius 1 is 1.00 bits per heavy atom. The van der Waals surface area contributed by atoms with Gasteiger partial charge < -0.3 is 4.98 Å². The third kappa shape index (κ3) is 1.58. The molecule has 0 bridgehead atoms. The van der Waals surface area contributed by atoms with Gasteiger partial charge in [-0.1, -0.05) is 42.5 Å². The summed E-state index contributed by atoms with van der Waals surface area (Å²) in [6.45, 7) is 0. The normalized spacial score (nSPS) is 10.8. The first kappa shape index (κ1) is 9.75. The Labute approximate surface area is 102 Å². The fourth-order valence-electron chi connectivity index (χ4n) is 1.87. The Kier molecular flexibility index (Phi) is 2.35. The van der Waals surface area contributed by atoms with Crippen LogP contribution in [0.1, 0.15) is 0 Å². The van der Waals surface area contributed by atoms with Crippen molar-refractivity contribution in [1.29, 1.82) is 0 Å². The predicted octanol–water partition coefficient (Wildman–Crippen LogP) is 4.63. The van der Waals surface area contributed by atoms with Crippen LogP contribution in [-0.2, 0) is 0 Å². The van der Waals surface area contributed by atoms with Crippen LogP contribution in [0.2, 0.25) is 0 Å². The molecule has 0 amide bonds. The highest BCUT2D eigenvalue weighted by Gasteiger charge is 2.03. The molecule has 3 rings (SSSR count). The summed E-state index contributed by atoms with van der Waals surface area (Å²) in [6.07, 6.45) is 0. The maximum Gasteiger partial charge on any atom is 0.158 e. The van der Waals surface area contributed by atoms with E-state index in [0.29, 0.717) is 0 Å². The zero-order valence-corrected chi connectivity index (χ0v) is 10.1. The number of H-pyrrole nitrogens is 1. The molecule has 1 aromatic heterocycles. The molecule has 0 saturated carbocycles. The first-order chi connectivity index (χ1) is 7.84. The summed E-state index contributed by atoms with van der Waals surface area (Å²) in [7, 11) is 0. The molecule has 0 aliphatic rings. The second-order valence-corrected chi connectivity index (χ2v) is 5.13. The molecule has 0 fully saturated rings. The molecule has 0 aliphatic carbocycles. The summed E-state index contributed by atoms with van der Waals surface area (Å²) >= 11 is 6.69. The minimum atomic E-state index is 0.822. The summed E-state index contributed by atoms with van der Waals surface area (Å²) < 4.78 is 0.822. The zero-order valence-electron chi connectivity index (χ0n) is 8.44. The molecule has 1 heterocycles. The van der Waals surface area contributed by atoms with Gasteiger partial charge in [0.05, 0.1) is 5.69 Å². The highest BCUT2D eigenvalue weighted by molar-refractivity contribution is 7.73. The lowest BCUT2D eigenvalue weighted by atomic mass is 10.0. The molecule has 3 aromatic rings. The van der Waals surface area contributed by atoms with Crippen molar-refractivity contribution < 1.29 is 0 Å². The molecule has 0 unspecified atom stereocenters. The zero-order chi connectivity index (χ0) is 11.0. The molecule has 0 aliphatic heterocycles. The van der Waals surface area contributed by atoms with Gasteiger partial charge in [-0.15, -0.1) is 11.3 Å². The van der Waals surface area contributed by atoms with E-state index >= 15 is 0 Å². The Balaban J connectivity index is 2.35. The van der Waals surface area contributed by atoms with Crippen LogP contribution < -0.4 is 0 Å². The molecule has 3 heteroatoms. The van der Waals surface area contributed by atoms with Crippen LogP contribution in [0.3, 0.4) is 0 Å². The van der Waals surface area contributed by atoms with Gasteiger partial charge in [0, 0.05) is 10.9 Å². The van der Waals surface area contributed by atoms with E-state index < -0.39 is 0 Å². The number of aromatic nitrogens is 1. The molecular weight excluding hydrogens is 234 g/mol. The topological polar surface area (TPSA) is 15.8 Å². The number of benzene rings is 2. The number of thiazole rings is 1. The van der Waals surface area contributed by atoms with Crippen LogP contribution in [0.25, 0.3) is 22.0 Å². The SMILES string of the molecule is S=c1[nH]c(-c2cccc3ccccc23)cs1. The number of nitrogens with one attached hydrogen (secondary N) is 1. The van der Waals surface area contributed by atoms with E-state index in [4.69, 9.17) is 12.2 Å². The number of aromatic amines is 1. The average Bonchev–Trinajstić information content (AvgIpc) is 2.75. The van der Waals surface area contributed by atoms with Crippen molar-refractivity contribution in [3.63, 3.8) is 0 Å². The van der Waals surface area contributed by atoms with Crippen LogP contribution in [0, 0.1) is 3.95 Å². The molecule has 0 atom stereocenters. The van der Waals surface area contributed by atoms with E-state index in [-0.39, 0.29) is 0 Å². The molecule has 1 nitrogen and oxygen atoms in total. The van der Waals surface area contributed by atoms with Crippen LogP contribution >= 0.6 is 23.6 Å². The van der Waals surface area contributed by atoms with E-state index in [0.717, 1.165) is 9.65 Å². The maximum atomic E-state index is 5.12. The monoisotopic (exact) mass is 243 g/mol. The lowest BCUT2D eigenvalue weighted by Gasteiger charge is -2.03. The van der Waals surface area contributed by atoms with Crippen LogP contribution in [0.15, 0.2) is 47.8 Å². The van der Waals surface area contributed by atoms with E-state index in [2.05, 4.69) is 52.8 Å². The first-order valence-corrected chi connectivity index (χ1v) is 6.29. The van der Waals surface area contributed by atoms with Gasteiger partial charge in [-0.3, -0.25) is 0 Å². The van der Waals surface area contributed by atoms with Crippen LogP contribution in [0.5, 0.6) is 0 Å². The predicted molar refractivity (Wildman–Crippen MR) is 72.4 cm³/mol. The molecule has 0 radical (unpaired) electrons. The minimum Gasteiger partial charge on any atom is -0.337 e. The average molecular weight is 243 g/mol. The standard InChI is InChI=1S/C13H9NS2/c15-13-14-12(8-16-13)11-7-3-5-9-4-1-2-6-10(9)11/h1-8H,(H,14,15). The lowest BCUT2D eigenvalue weighted by molar-refractivity contribution is 1.40. The molecule has 1 N–H and O–H groups in total. The third-order valence-corrected chi connectivity index (χ3v) is 3.66. The Morgan fingerprint density at radius 3 is 2.62 bits per heavy atom. The van der Waals surface area contributed by atoms with E-state index in [1.165, 1.54) is 16.3 Å². The van der Waals surface area contributed by atoms with Crippen molar-refractivity contribution >= 4 is 34.3 Å². The number of rotatable bonds is 1. The van der Waals surface area contributed by atoms with Gasteiger partial charge in [-0.25, -0.2) is 0 Å². The summed E-state index contributed by atoms with van der Waals surface area (Å²) in [5.74, 6) is 0. The van der Waals surface area contributed by atoms with Gasteiger partial charge in [-0.2, -0.15) is 0 Å². The largest absolute Gasteiger partial charge is 0.337 e. The Hall–Kier alpha value is -1.45. The van der Waals surface area contributed by atoms with E-state index in [1.807, 2.05) is 0 Å². The quantitative estimate of drug-likeness (QED) is 0.616. The molecule has 78 valence electrons. The smallest absolute Gasteiger partial charge is 0.158 e. The van der Waals surface area contributed by atoms with Gasteiger partial charge in [-0.05, 0) is 23.0 Å². The number of fused-ring (bicyclic) bond motifs is 1. The summed E-state index contributed by atoms with van der Waals surface area (Å²) in [5, 5.41) is 4.59. The highest BCUT2D eigenvalue weighted by atomic mass is 32.1. The van der Waals surface area contributed by atoms with Crippen molar-refractivity contribution in [3.8, 4) is 11.3 Å². The Morgan fingerprint density at radius 2 is 1.81 bits per heavy atom. The fourth-order valence-corrected chi connectivity index (χ4v) is 2.71. The first-order valence-electron chi connectivity index (χ1n) is 5.00. The molecule has 16 heavy (non-hydrogen) atoms. The van der Waals surface area contributed by atoms with E-state index in [1.54, 1.807) is 11.3 Å². The van der Waals surface area contributed by atoms with Gasteiger partial charge in [0.1, 0.15) is 0 Å². The highest BCUT2D eigenvalue weighted by Crippen LogP contribution is 2.28. The van der Waals surface area contributed by atoms with Gasteiger partial charge in [0.15, 0.2) is 3.95 Å². The number of hydrogen-bond acceptors (Lipinski definition) is 2. The summed E-state index contributed by atoms with van der Waals surface area (Å²) in [6, 6.07) is 14.7. The second kappa shape index (κ2) is 3.85. The second-order valence-electron chi connectivity index (χ2n) is 3.59. The van der Waals surface area contributed by atoms with Crippen molar-refractivity contribution in [2.45, 2.75) is 0 Å².